The number of amides is 2. The molecule has 0 radical (unpaired) electrons. The topological polar surface area (TPSA) is 76.7 Å². The Bertz CT molecular complexity index is 646. The van der Waals surface area contributed by atoms with Gasteiger partial charge in [0.1, 0.15) is 0 Å². The Hall–Kier alpha value is -1.14. The van der Waals surface area contributed by atoms with Crippen molar-refractivity contribution < 1.29 is 19.1 Å². The monoisotopic (exact) mass is 569 g/mol. The molecular weight excluding hydrogens is 500 g/mol. The molecule has 6 nitrogen and oxygen atoms in total. The highest BCUT2D eigenvalue weighted by Crippen LogP contribution is 2.19. The summed E-state index contributed by atoms with van der Waals surface area (Å²) in [4.78, 5) is 24.7. The Morgan fingerprint density at radius 1 is 0.575 bits per heavy atom. The summed E-state index contributed by atoms with van der Waals surface area (Å²) in [7, 11) is 0. The largest absolute Gasteiger partial charge is 0.376 e. The lowest BCUT2D eigenvalue weighted by atomic mass is 9.99. The summed E-state index contributed by atoms with van der Waals surface area (Å²) in [6.07, 6.45) is 20.3. The molecule has 0 heterocycles. The zero-order chi connectivity index (χ0) is 30.3. The molecule has 0 fully saturated rings. The summed E-state index contributed by atoms with van der Waals surface area (Å²) >= 11 is 0. The highest BCUT2D eigenvalue weighted by atomic mass is 16.5. The predicted octanol–water partition coefficient (Wildman–Crippen LogP) is 8.65. The van der Waals surface area contributed by atoms with E-state index in [-0.39, 0.29) is 28.6 Å². The minimum atomic E-state index is -0.341. The van der Waals surface area contributed by atoms with E-state index >= 15 is 0 Å². The molecule has 238 valence electrons. The zero-order valence-electron chi connectivity index (χ0n) is 28.0. The molecule has 0 saturated carbocycles. The number of hydrogen-bond acceptors (Lipinski definition) is 4. The van der Waals surface area contributed by atoms with E-state index in [1.54, 1.807) is 0 Å². The van der Waals surface area contributed by atoms with E-state index in [2.05, 4.69) is 45.3 Å². The van der Waals surface area contributed by atoms with Gasteiger partial charge in [0.15, 0.2) is 0 Å². The highest BCUT2D eigenvalue weighted by Gasteiger charge is 2.24. The first-order chi connectivity index (χ1) is 18.8. The molecule has 40 heavy (non-hydrogen) atoms. The van der Waals surface area contributed by atoms with Crippen molar-refractivity contribution >= 4 is 11.8 Å². The van der Waals surface area contributed by atoms with Gasteiger partial charge in [-0.2, -0.15) is 0 Å². The maximum Gasteiger partial charge on any atom is 0.220 e. The Balaban J connectivity index is 3.88. The van der Waals surface area contributed by atoms with Crippen LogP contribution in [0.1, 0.15) is 171 Å². The maximum atomic E-state index is 12.5. The van der Waals surface area contributed by atoms with Gasteiger partial charge < -0.3 is 20.1 Å². The van der Waals surface area contributed by atoms with Gasteiger partial charge in [-0.3, -0.25) is 9.59 Å². The Kier molecular flexibility index (Phi) is 21.8. The van der Waals surface area contributed by atoms with Crippen LogP contribution in [0.5, 0.6) is 0 Å². The fraction of sp³-hybridized carbons (Fsp3) is 0.941. The number of carbonyl (C=O) groups excluding carboxylic acids is 2. The first-order valence-corrected chi connectivity index (χ1v) is 16.7. The van der Waals surface area contributed by atoms with Gasteiger partial charge in [-0.25, -0.2) is 0 Å². The van der Waals surface area contributed by atoms with Crippen LogP contribution in [-0.2, 0) is 19.1 Å². The summed E-state index contributed by atoms with van der Waals surface area (Å²) in [5.74, 6) is 0.193. The number of ether oxygens (including phenoxy) is 2. The van der Waals surface area contributed by atoms with E-state index in [0.29, 0.717) is 39.0 Å². The quantitative estimate of drug-likeness (QED) is 0.0972. The standard InChI is InChI=1S/C34H68N2O4/c1-9-11-12-13-14-15-16-17-18-19-20-21-22-23-31(38)36-32(3,4)27-29-40-34(7,8)26-28-35-30(37)24-25-33(5,6)39-10-2/h9-29H2,1-8H3,(H,35,37)(H,36,38). The molecule has 0 aliphatic carbocycles. The van der Waals surface area contributed by atoms with Crippen molar-refractivity contribution in [1.29, 1.82) is 0 Å². The van der Waals surface area contributed by atoms with Crippen LogP contribution in [0.2, 0.25) is 0 Å². The molecular formula is C34H68N2O4. The second-order valence-electron chi connectivity index (χ2n) is 13.6. The molecule has 0 aromatic rings. The third-order valence-electron chi connectivity index (χ3n) is 7.74. The molecule has 2 amide bonds. The Labute approximate surface area is 248 Å². The molecule has 0 bridgehead atoms. The molecule has 0 spiro atoms. The van der Waals surface area contributed by atoms with Gasteiger partial charge in [0.2, 0.25) is 11.8 Å². The van der Waals surface area contributed by atoms with Gasteiger partial charge in [-0.15, -0.1) is 0 Å². The second kappa shape index (κ2) is 22.5. The third-order valence-corrected chi connectivity index (χ3v) is 7.74. The van der Waals surface area contributed by atoms with Crippen LogP contribution in [-0.4, -0.2) is 48.3 Å². The molecule has 2 N–H and O–H groups in total. The number of unbranched alkanes of at least 4 members (excludes halogenated alkanes) is 12. The lowest BCUT2D eigenvalue weighted by Gasteiger charge is -2.30. The summed E-state index contributed by atoms with van der Waals surface area (Å²) in [6.45, 7) is 18.3. The van der Waals surface area contributed by atoms with Crippen LogP contribution in [0.3, 0.4) is 0 Å². The van der Waals surface area contributed by atoms with Crippen molar-refractivity contribution in [3.63, 3.8) is 0 Å². The van der Waals surface area contributed by atoms with E-state index in [4.69, 9.17) is 9.47 Å². The molecule has 0 unspecified atom stereocenters. The van der Waals surface area contributed by atoms with Crippen molar-refractivity contribution in [2.45, 2.75) is 188 Å². The summed E-state index contributed by atoms with van der Waals surface area (Å²) in [6, 6.07) is 0. The normalized spacial score (nSPS) is 12.5. The molecule has 0 aromatic carbocycles. The molecule has 0 saturated heterocycles. The summed E-state index contributed by atoms with van der Waals surface area (Å²) in [5, 5.41) is 6.20. The van der Waals surface area contributed by atoms with Crippen molar-refractivity contribution in [3.8, 4) is 0 Å². The van der Waals surface area contributed by atoms with Crippen molar-refractivity contribution in [1.82, 2.24) is 10.6 Å². The second-order valence-corrected chi connectivity index (χ2v) is 13.6. The third kappa shape index (κ3) is 24.6. The minimum absolute atomic E-state index is 0.0518. The van der Waals surface area contributed by atoms with E-state index in [0.717, 1.165) is 25.7 Å². The van der Waals surface area contributed by atoms with Gasteiger partial charge >= 0.3 is 0 Å². The number of hydrogen-bond donors (Lipinski definition) is 2. The average molecular weight is 569 g/mol. The van der Waals surface area contributed by atoms with E-state index in [9.17, 15) is 9.59 Å². The number of carbonyl (C=O) groups is 2. The Morgan fingerprint density at radius 3 is 1.60 bits per heavy atom. The highest BCUT2D eigenvalue weighted by molar-refractivity contribution is 5.76. The van der Waals surface area contributed by atoms with Gasteiger partial charge in [0.05, 0.1) is 11.2 Å². The smallest absolute Gasteiger partial charge is 0.220 e. The lowest BCUT2D eigenvalue weighted by molar-refractivity contribution is -0.123. The van der Waals surface area contributed by atoms with Gasteiger partial charge in [-0.1, -0.05) is 84.0 Å². The van der Waals surface area contributed by atoms with Crippen LogP contribution in [0.25, 0.3) is 0 Å². The van der Waals surface area contributed by atoms with Gasteiger partial charge in [0.25, 0.3) is 0 Å². The molecule has 0 atom stereocenters. The van der Waals surface area contributed by atoms with Crippen LogP contribution in [0.4, 0.5) is 0 Å². The summed E-state index contributed by atoms with van der Waals surface area (Å²) in [5.41, 5.74) is -0.916. The zero-order valence-corrected chi connectivity index (χ0v) is 28.0. The first-order valence-electron chi connectivity index (χ1n) is 16.7. The lowest BCUT2D eigenvalue weighted by Crippen LogP contribution is -2.44. The number of nitrogens with one attached hydrogen (secondary N) is 2. The minimum Gasteiger partial charge on any atom is -0.376 e. The van der Waals surface area contributed by atoms with Gasteiger partial charge in [-0.05, 0) is 74.1 Å². The van der Waals surface area contributed by atoms with Crippen LogP contribution < -0.4 is 10.6 Å². The van der Waals surface area contributed by atoms with Crippen LogP contribution in [0.15, 0.2) is 0 Å². The van der Waals surface area contributed by atoms with E-state index in [1.165, 1.54) is 70.6 Å². The maximum absolute atomic E-state index is 12.5. The van der Waals surface area contributed by atoms with E-state index < -0.39 is 0 Å². The molecule has 0 aromatic heterocycles. The first kappa shape index (κ1) is 38.9. The molecule has 6 heteroatoms. The molecule has 0 aliphatic rings. The van der Waals surface area contributed by atoms with Crippen LogP contribution >= 0.6 is 0 Å². The molecule has 0 rings (SSSR count). The van der Waals surface area contributed by atoms with E-state index in [1.807, 2.05) is 20.8 Å². The molecule has 0 aliphatic heterocycles. The number of rotatable bonds is 27. The van der Waals surface area contributed by atoms with Gasteiger partial charge in [0, 0.05) is 38.1 Å². The predicted molar refractivity (Wildman–Crippen MR) is 170 cm³/mol. The fourth-order valence-electron chi connectivity index (χ4n) is 4.93. The van der Waals surface area contributed by atoms with Crippen molar-refractivity contribution in [2.24, 2.45) is 0 Å². The summed E-state index contributed by atoms with van der Waals surface area (Å²) < 4.78 is 11.8. The van der Waals surface area contributed by atoms with Crippen molar-refractivity contribution in [2.75, 3.05) is 19.8 Å². The van der Waals surface area contributed by atoms with Crippen LogP contribution in [0, 0.1) is 0 Å². The Morgan fingerprint density at radius 2 is 1.07 bits per heavy atom. The fourth-order valence-corrected chi connectivity index (χ4v) is 4.93. The SMILES string of the molecule is CCCCCCCCCCCCCCCC(=O)NC(C)(C)CCOC(C)(C)CCNC(=O)CCC(C)(C)OCC. The van der Waals surface area contributed by atoms with Crippen molar-refractivity contribution in [3.05, 3.63) is 0 Å². The average Bonchev–Trinajstić information content (AvgIpc) is 2.85.